The van der Waals surface area contributed by atoms with Crippen LogP contribution in [-0.2, 0) is 0 Å². The molecular weight excluding hydrogens is 226 g/mol. The quantitative estimate of drug-likeness (QED) is 0.749. The van der Waals surface area contributed by atoms with Crippen LogP contribution in [0.25, 0.3) is 0 Å². The largest absolute Gasteiger partial charge is 0.494 e. The van der Waals surface area contributed by atoms with Crippen LogP contribution in [0.1, 0.15) is 29.3 Å². The lowest BCUT2D eigenvalue weighted by Crippen LogP contribution is -2.00. The molecule has 0 atom stereocenters. The number of carbonyl (C=O) groups excluding carboxylic acids is 1. The molecule has 0 unspecified atom stereocenters. The molecule has 0 aliphatic heterocycles. The fourth-order valence-corrected chi connectivity index (χ4v) is 1.51. The molecule has 1 aromatic rings. The van der Waals surface area contributed by atoms with Gasteiger partial charge in [0, 0.05) is 5.56 Å². The van der Waals surface area contributed by atoms with Gasteiger partial charge in [-0.25, -0.2) is 8.78 Å². The summed E-state index contributed by atoms with van der Waals surface area (Å²) in [6, 6.07) is 2.19. The molecule has 0 aliphatic carbocycles. The Morgan fingerprint density at radius 2 is 2.07 bits per heavy atom. The highest BCUT2D eigenvalue weighted by atomic mass is 35.5. The van der Waals surface area contributed by atoms with E-state index in [-0.39, 0.29) is 27.7 Å². The summed E-state index contributed by atoms with van der Waals surface area (Å²) in [5.74, 6) is -0.232. The lowest BCUT2D eigenvalue weighted by molar-refractivity contribution is 0.101. The molecule has 0 aliphatic rings. The Labute approximate surface area is 90.8 Å². The average molecular weight is 235 g/mol. The zero-order valence-corrected chi connectivity index (χ0v) is 8.94. The lowest BCUT2D eigenvalue weighted by atomic mass is 10.1. The maximum Gasteiger partial charge on any atom is 0.263 e. The topological polar surface area (TPSA) is 26.3 Å². The van der Waals surface area contributed by atoms with Crippen LogP contribution in [0.15, 0.2) is 12.1 Å². The summed E-state index contributed by atoms with van der Waals surface area (Å²) in [5.41, 5.74) is -0.216. The van der Waals surface area contributed by atoms with Crippen molar-refractivity contribution >= 4 is 17.4 Å². The first-order valence-corrected chi connectivity index (χ1v) is 4.51. The molecule has 0 bridgehead atoms. The first-order chi connectivity index (χ1) is 6.97. The second-order valence-corrected chi connectivity index (χ2v) is 3.35. The molecule has 5 heteroatoms. The van der Waals surface area contributed by atoms with Gasteiger partial charge < -0.3 is 4.74 Å². The predicted molar refractivity (Wildman–Crippen MR) is 53.0 cm³/mol. The van der Waals surface area contributed by atoms with Gasteiger partial charge in [0.1, 0.15) is 5.75 Å². The highest BCUT2D eigenvalue weighted by Crippen LogP contribution is 2.33. The number of alkyl halides is 2. The molecule has 1 rings (SSSR count). The van der Waals surface area contributed by atoms with Gasteiger partial charge in [-0.05, 0) is 19.1 Å². The third-order valence-corrected chi connectivity index (χ3v) is 2.18. The van der Waals surface area contributed by atoms with Crippen molar-refractivity contribution in [3.8, 4) is 5.75 Å². The van der Waals surface area contributed by atoms with E-state index in [9.17, 15) is 13.6 Å². The summed E-state index contributed by atoms with van der Waals surface area (Å²) < 4.78 is 29.7. The van der Waals surface area contributed by atoms with Crippen LogP contribution in [0.5, 0.6) is 5.75 Å². The van der Waals surface area contributed by atoms with Crippen LogP contribution < -0.4 is 4.74 Å². The normalized spacial score (nSPS) is 10.5. The van der Waals surface area contributed by atoms with E-state index in [2.05, 4.69) is 0 Å². The van der Waals surface area contributed by atoms with Crippen molar-refractivity contribution in [3.05, 3.63) is 28.3 Å². The molecule has 1 aromatic carbocycles. The van der Waals surface area contributed by atoms with Gasteiger partial charge in [0.15, 0.2) is 5.78 Å². The van der Waals surface area contributed by atoms with Crippen LogP contribution >= 0.6 is 11.6 Å². The van der Waals surface area contributed by atoms with Gasteiger partial charge in [-0.3, -0.25) is 4.79 Å². The van der Waals surface area contributed by atoms with Gasteiger partial charge in [0.2, 0.25) is 0 Å². The number of Topliss-reactive ketones (excluding diaryl/α,β-unsaturated/α-hetero) is 1. The Bertz CT molecular complexity index is 391. The van der Waals surface area contributed by atoms with Gasteiger partial charge in [-0.1, -0.05) is 11.6 Å². The number of hydrogen-bond acceptors (Lipinski definition) is 2. The molecule has 15 heavy (non-hydrogen) atoms. The minimum atomic E-state index is -2.66. The molecule has 0 fully saturated rings. The van der Waals surface area contributed by atoms with E-state index in [1.165, 1.54) is 14.0 Å². The third kappa shape index (κ3) is 2.45. The van der Waals surface area contributed by atoms with E-state index >= 15 is 0 Å². The zero-order chi connectivity index (χ0) is 11.6. The Morgan fingerprint density at radius 1 is 1.47 bits per heavy atom. The summed E-state index contributed by atoms with van der Waals surface area (Å²) in [5, 5.41) is 0.0144. The van der Waals surface area contributed by atoms with Gasteiger partial charge in [0.05, 0.1) is 17.7 Å². The third-order valence-electron chi connectivity index (χ3n) is 1.90. The SMILES string of the molecule is COc1c(Cl)cc(C(F)F)cc1C(C)=O. The van der Waals surface area contributed by atoms with Gasteiger partial charge >= 0.3 is 0 Å². The van der Waals surface area contributed by atoms with Crippen molar-refractivity contribution in [2.75, 3.05) is 7.11 Å². The van der Waals surface area contributed by atoms with E-state index in [0.717, 1.165) is 12.1 Å². The standard InChI is InChI=1S/C10H9ClF2O2/c1-5(14)7-3-6(10(12)13)4-8(11)9(7)15-2/h3-4,10H,1-2H3. The summed E-state index contributed by atoms with van der Waals surface area (Å²) in [7, 11) is 1.33. The van der Waals surface area contributed by atoms with Gasteiger partial charge in [0.25, 0.3) is 6.43 Å². The van der Waals surface area contributed by atoms with Crippen LogP contribution in [-0.4, -0.2) is 12.9 Å². The second-order valence-electron chi connectivity index (χ2n) is 2.94. The molecule has 0 radical (unpaired) electrons. The highest BCUT2D eigenvalue weighted by Gasteiger charge is 2.17. The van der Waals surface area contributed by atoms with Crippen molar-refractivity contribution < 1.29 is 18.3 Å². The number of methoxy groups -OCH3 is 1. The van der Waals surface area contributed by atoms with Crippen LogP contribution in [0, 0.1) is 0 Å². The van der Waals surface area contributed by atoms with Crippen molar-refractivity contribution in [3.63, 3.8) is 0 Å². The number of ether oxygens (including phenoxy) is 1. The van der Waals surface area contributed by atoms with E-state index in [1.807, 2.05) is 0 Å². The number of benzene rings is 1. The first-order valence-electron chi connectivity index (χ1n) is 4.14. The minimum absolute atomic E-state index is 0.0144. The summed E-state index contributed by atoms with van der Waals surface area (Å²) >= 11 is 5.71. The number of carbonyl (C=O) groups is 1. The fourth-order valence-electron chi connectivity index (χ4n) is 1.21. The van der Waals surface area contributed by atoms with Crippen molar-refractivity contribution in [1.29, 1.82) is 0 Å². The second kappa shape index (κ2) is 4.57. The smallest absolute Gasteiger partial charge is 0.263 e. The molecule has 0 amide bonds. The zero-order valence-electron chi connectivity index (χ0n) is 8.18. The molecule has 0 N–H and O–H groups in total. The Hall–Kier alpha value is -1.16. The minimum Gasteiger partial charge on any atom is -0.494 e. The van der Waals surface area contributed by atoms with Crippen LogP contribution in [0.2, 0.25) is 5.02 Å². The Morgan fingerprint density at radius 3 is 2.47 bits per heavy atom. The summed E-state index contributed by atoms with van der Waals surface area (Å²) in [6.07, 6.45) is -2.66. The molecule has 82 valence electrons. The Balaban J connectivity index is 3.38. The van der Waals surface area contributed by atoms with Gasteiger partial charge in [-0.2, -0.15) is 0 Å². The van der Waals surface area contributed by atoms with Crippen LogP contribution in [0.4, 0.5) is 8.78 Å². The molecule has 0 spiro atoms. The lowest BCUT2D eigenvalue weighted by Gasteiger charge is -2.10. The Kier molecular flexibility index (Phi) is 3.63. The monoisotopic (exact) mass is 234 g/mol. The molecule has 2 nitrogen and oxygen atoms in total. The van der Waals surface area contributed by atoms with Crippen molar-refractivity contribution in [2.45, 2.75) is 13.3 Å². The van der Waals surface area contributed by atoms with Gasteiger partial charge in [-0.15, -0.1) is 0 Å². The van der Waals surface area contributed by atoms with E-state index < -0.39 is 6.43 Å². The highest BCUT2D eigenvalue weighted by molar-refractivity contribution is 6.32. The average Bonchev–Trinajstić information content (AvgIpc) is 2.16. The van der Waals surface area contributed by atoms with E-state index in [4.69, 9.17) is 16.3 Å². The van der Waals surface area contributed by atoms with Crippen LogP contribution in [0.3, 0.4) is 0 Å². The van der Waals surface area contributed by atoms with E-state index in [1.54, 1.807) is 0 Å². The molecule has 0 aromatic heterocycles. The molecule has 0 saturated carbocycles. The molecule has 0 heterocycles. The summed E-state index contributed by atoms with van der Waals surface area (Å²) in [6.45, 7) is 1.27. The maximum absolute atomic E-state index is 12.4. The first kappa shape index (κ1) is 11.9. The number of rotatable bonds is 3. The predicted octanol–water partition coefficient (Wildman–Crippen LogP) is 3.49. The molecule has 0 saturated heterocycles. The molecular formula is C10H9ClF2O2. The number of halogens is 3. The fraction of sp³-hybridized carbons (Fsp3) is 0.300. The maximum atomic E-state index is 12.4. The summed E-state index contributed by atoms with van der Waals surface area (Å²) in [4.78, 5) is 11.2. The van der Waals surface area contributed by atoms with Crippen molar-refractivity contribution in [2.24, 2.45) is 0 Å². The van der Waals surface area contributed by atoms with E-state index in [0.29, 0.717) is 0 Å². The number of ketones is 1. The van der Waals surface area contributed by atoms with Crippen molar-refractivity contribution in [1.82, 2.24) is 0 Å². The number of hydrogen-bond donors (Lipinski definition) is 0.